The third-order valence-corrected chi connectivity index (χ3v) is 0.672. The predicted octanol–water partition coefficient (Wildman–Crippen LogP) is 1.09. The molecule has 0 fully saturated rings. The zero-order valence-corrected chi connectivity index (χ0v) is 7.77. The SMILES string of the molecule is Cc1[c-]nc(C)o1.[Y]. The van der Waals surface area contributed by atoms with Crippen LogP contribution in [0.4, 0.5) is 0 Å². The quantitative estimate of drug-likeness (QED) is 0.565. The Labute approximate surface area is 73.6 Å². The Kier molecular flexibility index (Phi) is 3.49. The van der Waals surface area contributed by atoms with Crippen molar-refractivity contribution in [1.29, 1.82) is 0 Å². The van der Waals surface area contributed by atoms with E-state index in [0.717, 1.165) is 5.76 Å². The zero-order valence-electron chi connectivity index (χ0n) is 4.93. The molecule has 1 aromatic heterocycles. The number of aryl methyl sites for hydroxylation is 2. The average Bonchev–Trinajstić information content (AvgIpc) is 1.87. The maximum Gasteiger partial charge on any atom is 0.0323 e. The van der Waals surface area contributed by atoms with Gasteiger partial charge < -0.3 is 9.40 Å². The fourth-order valence-electron chi connectivity index (χ4n) is 0.425. The molecule has 1 heterocycles. The smallest absolute Gasteiger partial charge is 0.0323 e. The zero-order chi connectivity index (χ0) is 5.28. The van der Waals surface area contributed by atoms with Gasteiger partial charge in [0.2, 0.25) is 0 Å². The molecule has 3 heteroatoms. The summed E-state index contributed by atoms with van der Waals surface area (Å²) in [4.78, 5) is 3.72. The molecule has 0 N–H and O–H groups in total. The van der Waals surface area contributed by atoms with Crippen LogP contribution in [0.15, 0.2) is 4.42 Å². The Morgan fingerprint density at radius 2 is 2.12 bits per heavy atom. The van der Waals surface area contributed by atoms with E-state index < -0.39 is 0 Å². The molecule has 41 valence electrons. The van der Waals surface area contributed by atoms with Crippen molar-refractivity contribution in [2.24, 2.45) is 0 Å². The van der Waals surface area contributed by atoms with Crippen molar-refractivity contribution < 1.29 is 37.1 Å². The topological polar surface area (TPSA) is 26.0 Å². The van der Waals surface area contributed by atoms with Gasteiger partial charge in [0.1, 0.15) is 0 Å². The second kappa shape index (κ2) is 3.36. The van der Waals surface area contributed by atoms with Gasteiger partial charge in [-0.15, -0.1) is 6.20 Å². The van der Waals surface area contributed by atoms with Crippen molar-refractivity contribution in [3.8, 4) is 0 Å². The predicted molar refractivity (Wildman–Crippen MR) is 24.8 cm³/mol. The maximum atomic E-state index is 4.92. The monoisotopic (exact) mass is 185 g/mol. The second-order valence-electron chi connectivity index (χ2n) is 1.40. The fraction of sp³-hybridized carbons (Fsp3) is 0.400. The summed E-state index contributed by atoms with van der Waals surface area (Å²) in [7, 11) is 0. The first-order valence-electron chi connectivity index (χ1n) is 2.11. The Morgan fingerprint density at radius 1 is 1.50 bits per heavy atom. The molecule has 0 unspecified atom stereocenters. The van der Waals surface area contributed by atoms with Gasteiger partial charge in [-0.2, -0.15) is 0 Å². The molecule has 0 aliphatic heterocycles. The molecule has 0 aromatic carbocycles. The summed E-state index contributed by atoms with van der Waals surface area (Å²) < 4.78 is 4.92. The minimum absolute atomic E-state index is 0. The van der Waals surface area contributed by atoms with Crippen LogP contribution in [0, 0.1) is 20.0 Å². The van der Waals surface area contributed by atoms with Crippen molar-refractivity contribution in [2.45, 2.75) is 13.8 Å². The molecule has 1 rings (SSSR count). The van der Waals surface area contributed by atoms with Crippen molar-refractivity contribution >= 4 is 0 Å². The van der Waals surface area contributed by atoms with E-state index in [1.807, 2.05) is 6.92 Å². The molecule has 0 spiro atoms. The van der Waals surface area contributed by atoms with E-state index in [2.05, 4.69) is 11.2 Å². The van der Waals surface area contributed by atoms with E-state index in [4.69, 9.17) is 4.42 Å². The van der Waals surface area contributed by atoms with Crippen LogP contribution in [0.1, 0.15) is 11.7 Å². The van der Waals surface area contributed by atoms with Gasteiger partial charge >= 0.3 is 0 Å². The van der Waals surface area contributed by atoms with Crippen LogP contribution in [-0.2, 0) is 32.7 Å². The van der Waals surface area contributed by atoms with Crippen molar-refractivity contribution in [3.63, 3.8) is 0 Å². The second-order valence-corrected chi connectivity index (χ2v) is 1.40. The van der Waals surface area contributed by atoms with E-state index in [1.54, 1.807) is 6.92 Å². The largest absolute Gasteiger partial charge is 0.551 e. The first-order chi connectivity index (χ1) is 3.29. The molecular formula is C5H6NOY-. The summed E-state index contributed by atoms with van der Waals surface area (Å²) in [5.41, 5.74) is 0. The van der Waals surface area contributed by atoms with Gasteiger partial charge in [0, 0.05) is 44.4 Å². The molecule has 8 heavy (non-hydrogen) atoms. The minimum Gasteiger partial charge on any atom is -0.551 e. The molecular weight excluding hydrogens is 179 g/mol. The third-order valence-electron chi connectivity index (χ3n) is 0.672. The summed E-state index contributed by atoms with van der Waals surface area (Å²) in [5, 5.41) is 0. The molecule has 1 radical (unpaired) electrons. The molecule has 0 aliphatic rings. The number of hydrogen-bond acceptors (Lipinski definition) is 2. The molecule has 0 bridgehead atoms. The van der Waals surface area contributed by atoms with E-state index in [0.29, 0.717) is 5.89 Å². The summed E-state index contributed by atoms with van der Waals surface area (Å²) in [6, 6.07) is 0. The minimum atomic E-state index is 0. The van der Waals surface area contributed by atoms with Crippen LogP contribution in [0.25, 0.3) is 0 Å². The molecule has 0 amide bonds. The summed E-state index contributed by atoms with van der Waals surface area (Å²) in [6.45, 7) is 3.61. The van der Waals surface area contributed by atoms with Gasteiger partial charge in [-0.05, 0) is 6.92 Å². The third kappa shape index (κ3) is 2.06. The van der Waals surface area contributed by atoms with Crippen LogP contribution in [0.2, 0.25) is 0 Å². The average molecular weight is 185 g/mol. The number of aromatic nitrogens is 1. The van der Waals surface area contributed by atoms with Gasteiger partial charge in [-0.1, -0.05) is 6.92 Å². The summed E-state index contributed by atoms with van der Waals surface area (Å²) >= 11 is 0. The Bertz CT molecular complexity index is 145. The molecule has 0 saturated carbocycles. The molecule has 0 saturated heterocycles. The number of oxazole rings is 1. The summed E-state index contributed by atoms with van der Waals surface area (Å²) in [5.74, 6) is 1.43. The van der Waals surface area contributed by atoms with Crippen LogP contribution >= 0.6 is 0 Å². The normalized spacial score (nSPS) is 8.25. The van der Waals surface area contributed by atoms with Gasteiger partial charge in [-0.25, -0.2) is 0 Å². The van der Waals surface area contributed by atoms with Crippen LogP contribution in [0.3, 0.4) is 0 Å². The van der Waals surface area contributed by atoms with Crippen molar-refractivity contribution in [3.05, 3.63) is 17.8 Å². The molecule has 0 atom stereocenters. The van der Waals surface area contributed by atoms with E-state index in [9.17, 15) is 0 Å². The first kappa shape index (κ1) is 8.31. The van der Waals surface area contributed by atoms with E-state index in [1.165, 1.54) is 0 Å². The fourth-order valence-corrected chi connectivity index (χ4v) is 0.425. The molecule has 0 aliphatic carbocycles. The van der Waals surface area contributed by atoms with E-state index >= 15 is 0 Å². The van der Waals surface area contributed by atoms with Crippen molar-refractivity contribution in [1.82, 2.24) is 4.98 Å². The van der Waals surface area contributed by atoms with Crippen LogP contribution < -0.4 is 0 Å². The first-order valence-corrected chi connectivity index (χ1v) is 2.11. The van der Waals surface area contributed by atoms with Crippen LogP contribution in [0.5, 0.6) is 0 Å². The van der Waals surface area contributed by atoms with E-state index in [-0.39, 0.29) is 32.7 Å². The number of rotatable bonds is 0. The maximum absolute atomic E-state index is 4.92. The number of nitrogens with zero attached hydrogens (tertiary/aromatic N) is 1. The Morgan fingerprint density at radius 3 is 2.25 bits per heavy atom. The van der Waals surface area contributed by atoms with Gasteiger partial charge in [0.05, 0.1) is 0 Å². The van der Waals surface area contributed by atoms with Gasteiger partial charge in [0.15, 0.2) is 0 Å². The molecule has 1 aromatic rings. The molecule has 2 nitrogen and oxygen atoms in total. The standard InChI is InChI=1S/C5H6NO.Y/c1-4-3-6-5(2)7-4;/h1-2H3;/q-1;. The van der Waals surface area contributed by atoms with Gasteiger partial charge in [0.25, 0.3) is 0 Å². The van der Waals surface area contributed by atoms with Crippen molar-refractivity contribution in [2.75, 3.05) is 0 Å². The Hall–Kier alpha value is 0.314. The van der Waals surface area contributed by atoms with Gasteiger partial charge in [-0.3, -0.25) is 0 Å². The van der Waals surface area contributed by atoms with Crippen LogP contribution in [-0.4, -0.2) is 4.98 Å². The Balaban J connectivity index is 0.000000490. The summed E-state index contributed by atoms with van der Waals surface area (Å²) in [6.07, 6.45) is 2.65. The number of hydrogen-bond donors (Lipinski definition) is 0.